The molecule has 0 aliphatic heterocycles. The number of fused-ring (bicyclic) bond motifs is 1. The van der Waals surface area contributed by atoms with Gasteiger partial charge in [-0.25, -0.2) is 4.98 Å². The quantitative estimate of drug-likeness (QED) is 0.650. The van der Waals surface area contributed by atoms with E-state index in [1.807, 2.05) is 11.3 Å². The van der Waals surface area contributed by atoms with Gasteiger partial charge in [0.2, 0.25) is 0 Å². The predicted molar refractivity (Wildman–Crippen MR) is 77.3 cm³/mol. The van der Waals surface area contributed by atoms with Crippen LogP contribution in [0.1, 0.15) is 48.0 Å². The van der Waals surface area contributed by atoms with Gasteiger partial charge in [0.25, 0.3) is 0 Å². The Hall–Kier alpha value is -0.890. The van der Waals surface area contributed by atoms with Crippen molar-refractivity contribution in [3.8, 4) is 0 Å². The Labute approximate surface area is 108 Å². The Bertz CT molecular complexity index is 540. The minimum absolute atomic E-state index is 0.143. The summed E-state index contributed by atoms with van der Waals surface area (Å²) in [6.45, 7) is 15.5. The molecule has 0 spiro atoms. The second-order valence-electron chi connectivity index (χ2n) is 5.95. The number of aromatic nitrogens is 1. The molecule has 0 unspecified atom stereocenters. The molecule has 2 aromatic rings. The monoisotopic (exact) mass is 247 g/mol. The summed E-state index contributed by atoms with van der Waals surface area (Å²) in [7, 11) is 0. The van der Waals surface area contributed by atoms with E-state index >= 15 is 0 Å². The number of hydrogen-bond donors (Lipinski definition) is 0. The fraction of sp³-hybridized carbons (Fsp3) is 0.533. The summed E-state index contributed by atoms with van der Waals surface area (Å²) in [5, 5.41) is 1.24. The summed E-state index contributed by atoms with van der Waals surface area (Å²) in [5.41, 5.74) is 6.90. The van der Waals surface area contributed by atoms with E-state index < -0.39 is 0 Å². The Morgan fingerprint density at radius 2 is 1.35 bits per heavy atom. The summed E-state index contributed by atoms with van der Waals surface area (Å²) < 4.78 is 1.37. The number of nitrogens with zero attached hydrogens (tertiary/aromatic N) is 1. The molecule has 0 aliphatic carbocycles. The second-order valence-corrected chi connectivity index (χ2v) is 6.95. The van der Waals surface area contributed by atoms with Gasteiger partial charge in [0.1, 0.15) is 0 Å². The van der Waals surface area contributed by atoms with E-state index in [2.05, 4.69) is 48.5 Å². The highest BCUT2D eigenvalue weighted by molar-refractivity contribution is 7.19. The van der Waals surface area contributed by atoms with Gasteiger partial charge in [-0.3, -0.25) is 0 Å². The summed E-state index contributed by atoms with van der Waals surface area (Å²) in [6.07, 6.45) is 0. The van der Waals surface area contributed by atoms with Crippen LogP contribution < -0.4 is 0 Å². The van der Waals surface area contributed by atoms with Crippen molar-refractivity contribution in [1.82, 2.24) is 4.98 Å². The SMILES string of the molecule is Cc1c(C)c(C)c2sc(C(C)(C)C)nc2c1C. The average Bonchev–Trinajstić information content (AvgIpc) is 2.67. The molecule has 1 nitrogen and oxygen atoms in total. The van der Waals surface area contributed by atoms with Crippen molar-refractivity contribution >= 4 is 21.6 Å². The second kappa shape index (κ2) is 3.81. The molecule has 0 aliphatic rings. The molecule has 0 atom stereocenters. The van der Waals surface area contributed by atoms with Crippen molar-refractivity contribution in [3.05, 3.63) is 27.3 Å². The molecule has 1 heterocycles. The first kappa shape index (κ1) is 12.6. The molecule has 0 amide bonds. The number of rotatable bonds is 0. The number of thiazole rings is 1. The molecule has 17 heavy (non-hydrogen) atoms. The maximum Gasteiger partial charge on any atom is 0.0992 e. The van der Waals surface area contributed by atoms with Crippen molar-refractivity contribution in [2.45, 2.75) is 53.9 Å². The van der Waals surface area contributed by atoms with Crippen LogP contribution in [0.2, 0.25) is 0 Å². The Morgan fingerprint density at radius 3 is 1.88 bits per heavy atom. The van der Waals surface area contributed by atoms with Crippen LogP contribution in [-0.2, 0) is 5.41 Å². The molecule has 1 aromatic carbocycles. The van der Waals surface area contributed by atoms with Gasteiger partial charge in [-0.05, 0) is 49.9 Å². The molecule has 0 radical (unpaired) electrons. The van der Waals surface area contributed by atoms with Gasteiger partial charge < -0.3 is 0 Å². The summed E-state index contributed by atoms with van der Waals surface area (Å²) >= 11 is 1.86. The zero-order valence-corrected chi connectivity index (χ0v) is 12.7. The van der Waals surface area contributed by atoms with Crippen LogP contribution >= 0.6 is 11.3 Å². The van der Waals surface area contributed by atoms with E-state index in [-0.39, 0.29) is 5.41 Å². The lowest BCUT2D eigenvalue weighted by molar-refractivity contribution is 0.587. The first-order chi connectivity index (χ1) is 7.73. The Balaban J connectivity index is 2.86. The maximum absolute atomic E-state index is 4.86. The molecule has 0 fully saturated rings. The van der Waals surface area contributed by atoms with Gasteiger partial charge in [-0.2, -0.15) is 0 Å². The van der Waals surface area contributed by atoms with Gasteiger partial charge in [0, 0.05) is 5.41 Å². The van der Waals surface area contributed by atoms with Gasteiger partial charge in [-0.1, -0.05) is 20.8 Å². The zero-order valence-electron chi connectivity index (χ0n) is 11.9. The van der Waals surface area contributed by atoms with E-state index in [1.165, 1.54) is 37.5 Å². The molecular weight excluding hydrogens is 226 g/mol. The minimum Gasteiger partial charge on any atom is -0.240 e. The number of hydrogen-bond acceptors (Lipinski definition) is 2. The predicted octanol–water partition coefficient (Wildman–Crippen LogP) is 4.83. The van der Waals surface area contributed by atoms with Crippen molar-refractivity contribution in [3.63, 3.8) is 0 Å². The fourth-order valence-corrected chi connectivity index (χ4v) is 3.30. The third kappa shape index (κ3) is 1.89. The highest BCUT2D eigenvalue weighted by atomic mass is 32.1. The van der Waals surface area contributed by atoms with Gasteiger partial charge in [-0.15, -0.1) is 11.3 Å². The van der Waals surface area contributed by atoms with E-state index in [4.69, 9.17) is 4.98 Å². The van der Waals surface area contributed by atoms with Crippen LogP contribution in [0.15, 0.2) is 0 Å². The average molecular weight is 247 g/mol. The minimum atomic E-state index is 0.143. The molecule has 0 saturated heterocycles. The van der Waals surface area contributed by atoms with Gasteiger partial charge in [0.15, 0.2) is 0 Å². The zero-order chi connectivity index (χ0) is 13.0. The van der Waals surface area contributed by atoms with Crippen molar-refractivity contribution in [2.75, 3.05) is 0 Å². The maximum atomic E-state index is 4.86. The van der Waals surface area contributed by atoms with Crippen molar-refractivity contribution < 1.29 is 0 Å². The van der Waals surface area contributed by atoms with E-state index in [0.29, 0.717) is 0 Å². The van der Waals surface area contributed by atoms with Crippen LogP contribution in [0.5, 0.6) is 0 Å². The normalized spacial score (nSPS) is 12.4. The molecule has 2 rings (SSSR count). The van der Waals surface area contributed by atoms with E-state index in [0.717, 1.165) is 0 Å². The Morgan fingerprint density at radius 1 is 0.824 bits per heavy atom. The smallest absolute Gasteiger partial charge is 0.0992 e. The topological polar surface area (TPSA) is 12.9 Å². The summed E-state index contributed by atoms with van der Waals surface area (Å²) in [4.78, 5) is 4.86. The Kier molecular flexibility index (Phi) is 2.81. The lowest BCUT2D eigenvalue weighted by Gasteiger charge is -2.13. The standard InChI is InChI=1S/C15H21NS/c1-8-9(2)11(4)13-12(10(8)3)16-14(17-13)15(5,6)7/h1-7H3. The van der Waals surface area contributed by atoms with E-state index in [1.54, 1.807) is 0 Å². The number of benzene rings is 1. The molecule has 0 saturated carbocycles. The first-order valence-electron chi connectivity index (χ1n) is 6.11. The molecule has 0 N–H and O–H groups in total. The summed E-state index contributed by atoms with van der Waals surface area (Å²) in [6, 6.07) is 0. The third-order valence-corrected chi connectivity index (χ3v) is 5.25. The van der Waals surface area contributed by atoms with Crippen molar-refractivity contribution in [2.24, 2.45) is 0 Å². The fourth-order valence-electron chi connectivity index (χ4n) is 2.06. The van der Waals surface area contributed by atoms with Gasteiger partial charge in [0.05, 0.1) is 15.2 Å². The molecule has 2 heteroatoms. The van der Waals surface area contributed by atoms with Crippen molar-refractivity contribution in [1.29, 1.82) is 0 Å². The van der Waals surface area contributed by atoms with E-state index in [9.17, 15) is 0 Å². The third-order valence-electron chi connectivity index (χ3n) is 3.65. The van der Waals surface area contributed by atoms with Gasteiger partial charge >= 0.3 is 0 Å². The largest absolute Gasteiger partial charge is 0.240 e. The summed E-state index contributed by atoms with van der Waals surface area (Å²) in [5.74, 6) is 0. The molecule has 1 aromatic heterocycles. The molecule has 0 bridgehead atoms. The van der Waals surface area contributed by atoms with Crippen LogP contribution in [0, 0.1) is 27.7 Å². The lowest BCUT2D eigenvalue weighted by atomic mass is 9.97. The van der Waals surface area contributed by atoms with Crippen LogP contribution in [0.25, 0.3) is 10.2 Å². The number of aryl methyl sites for hydroxylation is 2. The first-order valence-corrected chi connectivity index (χ1v) is 6.92. The lowest BCUT2D eigenvalue weighted by Crippen LogP contribution is -2.09. The van der Waals surface area contributed by atoms with Crippen LogP contribution in [0.4, 0.5) is 0 Å². The molecular formula is C15H21NS. The highest BCUT2D eigenvalue weighted by Gasteiger charge is 2.21. The molecule has 92 valence electrons. The van der Waals surface area contributed by atoms with Crippen LogP contribution in [-0.4, -0.2) is 4.98 Å². The van der Waals surface area contributed by atoms with Crippen LogP contribution in [0.3, 0.4) is 0 Å². The highest BCUT2D eigenvalue weighted by Crippen LogP contribution is 2.36.